The highest BCUT2D eigenvalue weighted by Gasteiger charge is 2.50. The minimum atomic E-state index is -2.60. The minimum absolute atomic E-state index is 0.0871. The monoisotopic (exact) mass is 461 g/mol. The van der Waals surface area contributed by atoms with Gasteiger partial charge in [-0.15, -0.1) is 0 Å². The predicted molar refractivity (Wildman–Crippen MR) is 125 cm³/mol. The average molecular weight is 461 g/mol. The van der Waals surface area contributed by atoms with Crippen LogP contribution in [0.3, 0.4) is 0 Å². The smallest absolute Gasteiger partial charge is 0.268 e. The third kappa shape index (κ3) is 3.30. The van der Waals surface area contributed by atoms with E-state index < -0.39 is 11.8 Å². The molecule has 9 heteroatoms. The molecule has 6 rings (SSSR count). The van der Waals surface area contributed by atoms with Gasteiger partial charge in [-0.25, -0.2) is 13.8 Å². The van der Waals surface area contributed by atoms with Crippen LogP contribution in [-0.2, 0) is 0 Å². The van der Waals surface area contributed by atoms with Crippen molar-refractivity contribution in [1.29, 1.82) is 0 Å². The number of nitrogens with two attached hydrogens (primary N) is 1. The number of anilines is 1. The standard InChI is InChI=1S/C25H21F2N5O2/c26-25(27)9-14-11-32(12-15(14)10-25)24-16(7-13-3-1-2-4-17(13)31-24)19-8-20(33)21-18(30-19)5-6-29-22(21)23(28)34/h1-8,14-15H,9-12H2,(H2,28,34)(H,30,33). The summed E-state index contributed by atoms with van der Waals surface area (Å²) in [5.41, 5.74) is 7.37. The number of pyridine rings is 3. The first-order valence-electron chi connectivity index (χ1n) is 11.1. The van der Waals surface area contributed by atoms with Gasteiger partial charge in [0.2, 0.25) is 5.92 Å². The highest BCUT2D eigenvalue weighted by molar-refractivity contribution is 6.04. The van der Waals surface area contributed by atoms with Crippen molar-refractivity contribution in [3.8, 4) is 11.3 Å². The lowest BCUT2D eigenvalue weighted by atomic mass is 10.0. The number of hydrogen-bond acceptors (Lipinski definition) is 5. The Morgan fingerprint density at radius 1 is 1.12 bits per heavy atom. The predicted octanol–water partition coefficient (Wildman–Crippen LogP) is 3.72. The summed E-state index contributed by atoms with van der Waals surface area (Å²) < 4.78 is 27.8. The maximum Gasteiger partial charge on any atom is 0.268 e. The number of aromatic amines is 1. The molecule has 0 radical (unpaired) electrons. The Morgan fingerprint density at radius 2 is 1.85 bits per heavy atom. The maximum atomic E-state index is 13.9. The topological polar surface area (TPSA) is 105 Å². The van der Waals surface area contributed by atoms with Crippen molar-refractivity contribution in [3.05, 3.63) is 64.6 Å². The number of alkyl halides is 2. The number of amides is 1. The normalized spacial score (nSPS) is 21.3. The number of nitrogens with zero attached hydrogens (tertiary/aromatic N) is 3. The molecule has 4 aromatic rings. The molecule has 1 saturated heterocycles. The Morgan fingerprint density at radius 3 is 2.59 bits per heavy atom. The Labute approximate surface area is 192 Å². The number of aromatic nitrogens is 3. The van der Waals surface area contributed by atoms with E-state index in [0.29, 0.717) is 35.7 Å². The summed E-state index contributed by atoms with van der Waals surface area (Å²) in [5.74, 6) is -2.91. The molecule has 1 aliphatic heterocycles. The van der Waals surface area contributed by atoms with Crippen LogP contribution in [0.4, 0.5) is 14.6 Å². The van der Waals surface area contributed by atoms with Crippen LogP contribution in [0, 0.1) is 11.8 Å². The second-order valence-electron chi connectivity index (χ2n) is 9.24. The van der Waals surface area contributed by atoms with Crippen LogP contribution in [0.25, 0.3) is 33.1 Å². The van der Waals surface area contributed by atoms with Crippen LogP contribution in [0.15, 0.2) is 53.5 Å². The number of para-hydroxylation sites is 1. The molecule has 4 heterocycles. The molecular weight excluding hydrogens is 440 g/mol. The minimum Gasteiger partial charge on any atom is -0.364 e. The summed E-state index contributed by atoms with van der Waals surface area (Å²) in [6, 6.07) is 12.6. The average Bonchev–Trinajstić information content (AvgIpc) is 3.31. The van der Waals surface area contributed by atoms with E-state index in [1.807, 2.05) is 30.3 Å². The summed E-state index contributed by atoms with van der Waals surface area (Å²) in [6.07, 6.45) is 1.21. The van der Waals surface area contributed by atoms with Crippen LogP contribution in [-0.4, -0.2) is 39.9 Å². The zero-order chi connectivity index (χ0) is 23.6. The van der Waals surface area contributed by atoms with E-state index in [2.05, 4.69) is 14.9 Å². The number of H-pyrrole nitrogens is 1. The van der Waals surface area contributed by atoms with Crippen LogP contribution >= 0.6 is 0 Å². The summed E-state index contributed by atoms with van der Waals surface area (Å²) in [4.78, 5) is 38.9. The van der Waals surface area contributed by atoms with Gasteiger partial charge in [0.05, 0.1) is 22.1 Å². The summed E-state index contributed by atoms with van der Waals surface area (Å²) >= 11 is 0. The van der Waals surface area contributed by atoms with Gasteiger partial charge in [0, 0.05) is 49.1 Å². The molecular formula is C25H21F2N5O2. The Hall–Kier alpha value is -3.88. The molecule has 2 atom stereocenters. The summed E-state index contributed by atoms with van der Waals surface area (Å²) in [7, 11) is 0. The van der Waals surface area contributed by atoms with Crippen molar-refractivity contribution in [2.24, 2.45) is 17.6 Å². The number of hydrogen-bond donors (Lipinski definition) is 2. The van der Waals surface area contributed by atoms with E-state index in [1.54, 1.807) is 6.07 Å². The lowest BCUT2D eigenvalue weighted by molar-refractivity contribution is 0.00172. The molecule has 2 unspecified atom stereocenters. The molecule has 7 nitrogen and oxygen atoms in total. The van der Waals surface area contributed by atoms with E-state index >= 15 is 0 Å². The van der Waals surface area contributed by atoms with Crippen molar-refractivity contribution < 1.29 is 13.6 Å². The van der Waals surface area contributed by atoms with Crippen LogP contribution < -0.4 is 16.1 Å². The molecule has 3 N–H and O–H groups in total. The van der Waals surface area contributed by atoms with Crippen molar-refractivity contribution in [1.82, 2.24) is 15.0 Å². The fraction of sp³-hybridized carbons (Fsp3) is 0.280. The number of carbonyl (C=O) groups is 1. The SMILES string of the molecule is NC(=O)c1nccc2[nH]c(-c3cc4ccccc4nc3N3CC4CC(F)(F)CC4C3)cc(=O)c12. The van der Waals surface area contributed by atoms with E-state index in [9.17, 15) is 18.4 Å². The molecule has 34 heavy (non-hydrogen) atoms. The molecule has 2 fully saturated rings. The molecule has 2 aliphatic rings. The van der Waals surface area contributed by atoms with E-state index in [-0.39, 0.29) is 41.2 Å². The molecule has 1 aromatic carbocycles. The van der Waals surface area contributed by atoms with Gasteiger partial charge in [0.25, 0.3) is 5.91 Å². The molecule has 3 aromatic heterocycles. The number of rotatable bonds is 3. The second-order valence-corrected chi connectivity index (χ2v) is 9.24. The lowest BCUT2D eigenvalue weighted by Crippen LogP contribution is -2.26. The van der Waals surface area contributed by atoms with E-state index in [1.165, 1.54) is 12.3 Å². The molecule has 1 saturated carbocycles. The number of halogens is 2. The highest BCUT2D eigenvalue weighted by atomic mass is 19.3. The Bertz CT molecular complexity index is 1520. The van der Waals surface area contributed by atoms with Crippen molar-refractivity contribution >= 4 is 33.5 Å². The third-order valence-electron chi connectivity index (χ3n) is 6.97. The first-order chi connectivity index (χ1) is 16.3. The number of benzene rings is 1. The third-order valence-corrected chi connectivity index (χ3v) is 6.97. The number of fused-ring (bicyclic) bond motifs is 3. The highest BCUT2D eigenvalue weighted by Crippen LogP contribution is 2.48. The van der Waals surface area contributed by atoms with Gasteiger partial charge in [0.1, 0.15) is 11.5 Å². The molecule has 0 spiro atoms. The zero-order valence-electron chi connectivity index (χ0n) is 18.1. The summed E-state index contributed by atoms with van der Waals surface area (Å²) in [5, 5.41) is 1.02. The largest absolute Gasteiger partial charge is 0.364 e. The number of nitrogens with one attached hydrogen (secondary N) is 1. The summed E-state index contributed by atoms with van der Waals surface area (Å²) in [6.45, 7) is 0.984. The molecule has 1 amide bonds. The van der Waals surface area contributed by atoms with Gasteiger partial charge in [-0.05, 0) is 30.0 Å². The van der Waals surface area contributed by atoms with Gasteiger partial charge >= 0.3 is 0 Å². The first kappa shape index (κ1) is 20.7. The second kappa shape index (κ2) is 7.31. The van der Waals surface area contributed by atoms with Gasteiger partial charge in [0.15, 0.2) is 5.43 Å². The van der Waals surface area contributed by atoms with Crippen LogP contribution in [0.2, 0.25) is 0 Å². The van der Waals surface area contributed by atoms with Gasteiger partial charge in [-0.3, -0.25) is 14.6 Å². The molecule has 172 valence electrons. The van der Waals surface area contributed by atoms with Gasteiger partial charge < -0.3 is 15.6 Å². The fourth-order valence-electron chi connectivity index (χ4n) is 5.50. The van der Waals surface area contributed by atoms with E-state index in [4.69, 9.17) is 10.7 Å². The Kier molecular flexibility index (Phi) is 4.45. The number of primary amides is 1. The van der Waals surface area contributed by atoms with Crippen molar-refractivity contribution in [3.63, 3.8) is 0 Å². The molecule has 0 bridgehead atoms. The first-order valence-corrected chi connectivity index (χ1v) is 11.1. The maximum absolute atomic E-state index is 13.9. The Balaban J connectivity index is 1.52. The molecule has 1 aliphatic carbocycles. The number of carbonyl (C=O) groups excluding carboxylic acids is 1. The fourth-order valence-corrected chi connectivity index (χ4v) is 5.50. The van der Waals surface area contributed by atoms with Crippen molar-refractivity contribution in [2.75, 3.05) is 18.0 Å². The lowest BCUT2D eigenvalue weighted by Gasteiger charge is -2.23. The quantitative estimate of drug-likeness (QED) is 0.484. The van der Waals surface area contributed by atoms with Crippen molar-refractivity contribution in [2.45, 2.75) is 18.8 Å². The van der Waals surface area contributed by atoms with E-state index in [0.717, 1.165) is 10.9 Å². The van der Waals surface area contributed by atoms with Crippen LogP contribution in [0.5, 0.6) is 0 Å². The van der Waals surface area contributed by atoms with Gasteiger partial charge in [-0.1, -0.05) is 18.2 Å². The van der Waals surface area contributed by atoms with Gasteiger partial charge in [-0.2, -0.15) is 0 Å². The van der Waals surface area contributed by atoms with Crippen LogP contribution in [0.1, 0.15) is 23.3 Å². The zero-order valence-corrected chi connectivity index (χ0v) is 18.1.